The van der Waals surface area contributed by atoms with Gasteiger partial charge in [0.1, 0.15) is 11.9 Å². The number of nitrogens with one attached hydrogen (secondary N) is 1. The van der Waals surface area contributed by atoms with Crippen molar-refractivity contribution in [3.05, 3.63) is 45.9 Å². The fraction of sp³-hybridized carbons (Fsp3) is 0.167. The van der Waals surface area contributed by atoms with Crippen LogP contribution in [-0.2, 0) is 9.53 Å². The third-order valence-corrected chi connectivity index (χ3v) is 2.15. The molecule has 104 valence electrons. The van der Waals surface area contributed by atoms with Crippen molar-refractivity contribution in [1.82, 2.24) is 0 Å². The van der Waals surface area contributed by atoms with Gasteiger partial charge in [-0.25, -0.2) is 9.18 Å². The van der Waals surface area contributed by atoms with E-state index in [-0.39, 0.29) is 23.6 Å². The van der Waals surface area contributed by atoms with Crippen LogP contribution in [0.3, 0.4) is 0 Å². The number of hydrogen-bond donors (Lipinski definition) is 1. The summed E-state index contributed by atoms with van der Waals surface area (Å²) in [5.74, 6) is -1.62. The number of anilines is 1. The first-order chi connectivity index (χ1) is 9.49. The molecule has 0 heterocycles. The number of ether oxygens (including phenoxy) is 1. The average molecular weight is 279 g/mol. The minimum Gasteiger partial charge on any atom is -0.462 e. The summed E-state index contributed by atoms with van der Waals surface area (Å²) in [7, 11) is 0. The molecule has 1 aromatic carbocycles. The molecule has 0 bridgehead atoms. The normalized spacial score (nSPS) is 10.6. The molecular weight excluding hydrogens is 269 g/mol. The fourth-order valence-corrected chi connectivity index (χ4v) is 1.23. The van der Waals surface area contributed by atoms with E-state index in [0.717, 1.165) is 24.4 Å². The van der Waals surface area contributed by atoms with E-state index in [9.17, 15) is 19.3 Å². The maximum absolute atomic E-state index is 13.4. The highest BCUT2D eigenvalue weighted by molar-refractivity contribution is 5.93. The van der Waals surface area contributed by atoms with E-state index in [1.54, 1.807) is 13.0 Å². The Morgan fingerprint density at radius 2 is 2.35 bits per heavy atom. The van der Waals surface area contributed by atoms with Crippen molar-refractivity contribution in [1.29, 1.82) is 5.26 Å². The number of nitrogens with zero attached hydrogens (tertiary/aromatic N) is 2. The van der Waals surface area contributed by atoms with Gasteiger partial charge in [-0.1, -0.05) is 0 Å². The molecule has 1 aromatic rings. The molecule has 0 radical (unpaired) electrons. The Balaban J connectivity index is 2.98. The first-order valence-electron chi connectivity index (χ1n) is 5.47. The smallest absolute Gasteiger partial charge is 0.350 e. The van der Waals surface area contributed by atoms with Gasteiger partial charge in [0.25, 0.3) is 5.69 Å². The highest BCUT2D eigenvalue weighted by Gasteiger charge is 2.12. The number of nitro benzene ring substituents is 1. The third kappa shape index (κ3) is 3.78. The van der Waals surface area contributed by atoms with Gasteiger partial charge in [-0.05, 0) is 13.0 Å². The summed E-state index contributed by atoms with van der Waals surface area (Å²) in [6.45, 7) is 1.66. The number of halogens is 1. The van der Waals surface area contributed by atoms with Crippen LogP contribution in [0.2, 0.25) is 0 Å². The van der Waals surface area contributed by atoms with E-state index in [0.29, 0.717) is 0 Å². The van der Waals surface area contributed by atoms with Crippen LogP contribution in [0.1, 0.15) is 6.92 Å². The molecule has 0 aliphatic heterocycles. The molecule has 0 atom stereocenters. The predicted molar refractivity (Wildman–Crippen MR) is 67.0 cm³/mol. The number of hydrogen-bond acceptors (Lipinski definition) is 6. The van der Waals surface area contributed by atoms with Crippen molar-refractivity contribution in [2.24, 2.45) is 0 Å². The minimum atomic E-state index is -0.867. The SMILES string of the molecule is CCOC(=O)/C(C#N)=C\Nc1cc([N+](=O)[O-])ccc1F. The first-order valence-corrected chi connectivity index (χ1v) is 5.47. The molecule has 7 nitrogen and oxygen atoms in total. The molecule has 0 aromatic heterocycles. The van der Waals surface area contributed by atoms with E-state index in [2.05, 4.69) is 10.1 Å². The Bertz CT molecular complexity index is 607. The van der Waals surface area contributed by atoms with Crippen LogP contribution < -0.4 is 5.32 Å². The molecular formula is C12H10FN3O4. The number of esters is 1. The second kappa shape index (κ2) is 6.84. The summed E-state index contributed by atoms with van der Waals surface area (Å²) >= 11 is 0. The van der Waals surface area contributed by atoms with Gasteiger partial charge in [-0.15, -0.1) is 0 Å². The largest absolute Gasteiger partial charge is 0.462 e. The van der Waals surface area contributed by atoms with Crippen molar-refractivity contribution < 1.29 is 18.8 Å². The quantitative estimate of drug-likeness (QED) is 0.291. The number of rotatable bonds is 5. The molecule has 1 N–H and O–H groups in total. The maximum atomic E-state index is 13.4. The van der Waals surface area contributed by atoms with Gasteiger partial charge in [-0.2, -0.15) is 5.26 Å². The molecule has 0 spiro atoms. The lowest BCUT2D eigenvalue weighted by Crippen LogP contribution is -2.08. The zero-order valence-electron chi connectivity index (χ0n) is 10.4. The van der Waals surface area contributed by atoms with Crippen LogP contribution in [0.4, 0.5) is 15.8 Å². The number of carbonyl (C=O) groups is 1. The van der Waals surface area contributed by atoms with Crippen LogP contribution in [0.25, 0.3) is 0 Å². The Morgan fingerprint density at radius 3 is 2.90 bits per heavy atom. The van der Waals surface area contributed by atoms with Crippen LogP contribution in [-0.4, -0.2) is 17.5 Å². The van der Waals surface area contributed by atoms with E-state index in [4.69, 9.17) is 5.26 Å². The monoisotopic (exact) mass is 279 g/mol. The summed E-state index contributed by atoms with van der Waals surface area (Å²) in [5.41, 5.74) is -0.925. The molecule has 20 heavy (non-hydrogen) atoms. The Labute approximate surface area is 113 Å². The van der Waals surface area contributed by atoms with Crippen molar-refractivity contribution in [2.45, 2.75) is 6.92 Å². The fourth-order valence-electron chi connectivity index (χ4n) is 1.23. The van der Waals surface area contributed by atoms with Gasteiger partial charge >= 0.3 is 5.97 Å². The summed E-state index contributed by atoms with van der Waals surface area (Å²) < 4.78 is 18.0. The molecule has 0 saturated carbocycles. The van der Waals surface area contributed by atoms with Crippen LogP contribution in [0, 0.1) is 27.3 Å². The van der Waals surface area contributed by atoms with Crippen molar-refractivity contribution in [3.63, 3.8) is 0 Å². The maximum Gasteiger partial charge on any atom is 0.350 e. The lowest BCUT2D eigenvalue weighted by molar-refractivity contribution is -0.384. The molecule has 0 fully saturated rings. The second-order valence-electron chi connectivity index (χ2n) is 3.46. The topological polar surface area (TPSA) is 105 Å². The molecule has 0 saturated heterocycles. The Morgan fingerprint density at radius 1 is 1.65 bits per heavy atom. The molecule has 0 aliphatic carbocycles. The summed E-state index contributed by atoms with van der Waals surface area (Å²) in [6, 6.07) is 4.44. The zero-order valence-corrected chi connectivity index (χ0v) is 10.4. The molecule has 1 rings (SSSR count). The van der Waals surface area contributed by atoms with Gasteiger partial charge in [0.15, 0.2) is 5.57 Å². The van der Waals surface area contributed by atoms with E-state index >= 15 is 0 Å². The van der Waals surface area contributed by atoms with E-state index in [1.807, 2.05) is 0 Å². The van der Waals surface area contributed by atoms with Crippen LogP contribution in [0.15, 0.2) is 30.0 Å². The lowest BCUT2D eigenvalue weighted by atomic mass is 10.2. The minimum absolute atomic E-state index is 0.0863. The molecule has 0 aliphatic rings. The number of nitriles is 1. The standard InChI is InChI=1S/C12H10FN3O4/c1-2-20-12(17)8(6-14)7-15-11-5-9(16(18)19)3-4-10(11)13/h3-5,7,15H,2H2,1H3/b8-7-. The number of nitro groups is 1. The molecule has 0 unspecified atom stereocenters. The molecule has 0 amide bonds. The van der Waals surface area contributed by atoms with Gasteiger partial charge in [0.2, 0.25) is 0 Å². The first kappa shape index (κ1) is 15.1. The highest BCUT2D eigenvalue weighted by atomic mass is 19.1. The summed E-state index contributed by atoms with van der Waals surface area (Å²) in [6.07, 6.45) is 0.931. The highest BCUT2D eigenvalue weighted by Crippen LogP contribution is 2.21. The van der Waals surface area contributed by atoms with Gasteiger partial charge < -0.3 is 10.1 Å². The summed E-state index contributed by atoms with van der Waals surface area (Å²) in [4.78, 5) is 21.2. The Kier molecular flexibility index (Phi) is 5.17. The zero-order chi connectivity index (χ0) is 15.1. The lowest BCUT2D eigenvalue weighted by Gasteiger charge is -2.04. The van der Waals surface area contributed by atoms with Gasteiger partial charge in [0.05, 0.1) is 17.2 Å². The van der Waals surface area contributed by atoms with Crippen LogP contribution >= 0.6 is 0 Å². The van der Waals surface area contributed by atoms with E-state index in [1.165, 1.54) is 0 Å². The molecule has 8 heteroatoms. The van der Waals surface area contributed by atoms with Gasteiger partial charge in [0, 0.05) is 18.3 Å². The number of carbonyl (C=O) groups excluding carboxylic acids is 1. The second-order valence-corrected chi connectivity index (χ2v) is 3.46. The van der Waals surface area contributed by atoms with Crippen molar-refractivity contribution in [2.75, 3.05) is 11.9 Å². The summed E-state index contributed by atoms with van der Waals surface area (Å²) in [5, 5.41) is 21.7. The van der Waals surface area contributed by atoms with Crippen LogP contribution in [0.5, 0.6) is 0 Å². The number of non-ortho nitro benzene ring substituents is 1. The number of benzene rings is 1. The third-order valence-electron chi connectivity index (χ3n) is 2.15. The average Bonchev–Trinajstić information content (AvgIpc) is 2.41. The van der Waals surface area contributed by atoms with Gasteiger partial charge in [-0.3, -0.25) is 10.1 Å². The Hall–Kier alpha value is -2.95. The predicted octanol–water partition coefficient (Wildman–Crippen LogP) is 2.12. The van der Waals surface area contributed by atoms with Crippen molar-refractivity contribution in [3.8, 4) is 6.07 Å². The van der Waals surface area contributed by atoms with Crippen molar-refractivity contribution >= 4 is 17.3 Å². The van der Waals surface area contributed by atoms with E-state index < -0.39 is 16.7 Å².